The highest BCUT2D eigenvalue weighted by Crippen LogP contribution is 2.27. The lowest BCUT2D eigenvalue weighted by molar-refractivity contribution is 0.0776. The lowest BCUT2D eigenvalue weighted by atomic mass is 9.94. The van der Waals surface area contributed by atoms with Crippen molar-refractivity contribution in [3.05, 3.63) is 29.3 Å². The topological polar surface area (TPSA) is 87.2 Å². The Kier molecular flexibility index (Phi) is 2.91. The zero-order valence-corrected chi connectivity index (χ0v) is 9.89. The molecule has 4 N–H and O–H groups in total. The second-order valence-electron chi connectivity index (χ2n) is 4.09. The average molecular weight is 228 g/mol. The van der Waals surface area contributed by atoms with Gasteiger partial charge >= 0.3 is 0 Å². The number of benzene rings is 1. The molecule has 84 valence electrons. The summed E-state index contributed by atoms with van der Waals surface area (Å²) in [5.74, 6) is 0. The Morgan fingerprint density at radius 3 is 2.40 bits per heavy atom. The van der Waals surface area contributed by atoms with E-state index in [1.54, 1.807) is 39.0 Å². The van der Waals surface area contributed by atoms with E-state index in [-0.39, 0.29) is 4.90 Å². The van der Waals surface area contributed by atoms with Crippen molar-refractivity contribution in [3.63, 3.8) is 0 Å². The van der Waals surface area contributed by atoms with Crippen molar-refractivity contribution in [2.45, 2.75) is 31.3 Å². The van der Waals surface area contributed by atoms with Crippen molar-refractivity contribution in [2.75, 3.05) is 0 Å². The van der Waals surface area contributed by atoms with Gasteiger partial charge in [0.15, 0.2) is 0 Å². The number of rotatable bonds is 2. The van der Waals surface area contributed by atoms with E-state index in [9.17, 15) is 9.32 Å². The molecular formula is C10H16N2O2S. The molecule has 0 aliphatic heterocycles. The third kappa shape index (κ3) is 2.56. The summed E-state index contributed by atoms with van der Waals surface area (Å²) in [6.45, 7) is 4.99. The molecule has 15 heavy (non-hydrogen) atoms. The predicted molar refractivity (Wildman–Crippen MR) is 59.7 cm³/mol. The fraction of sp³-hybridized carbons (Fsp3) is 0.400. The van der Waals surface area contributed by atoms with Gasteiger partial charge in [0, 0.05) is 0 Å². The molecule has 0 fully saturated rings. The molecule has 1 atom stereocenters. The molecule has 0 heterocycles. The van der Waals surface area contributed by atoms with Crippen LogP contribution in [0.3, 0.4) is 0 Å². The van der Waals surface area contributed by atoms with E-state index < -0.39 is 15.5 Å². The largest absolute Gasteiger partial charge is 0.386 e. The summed E-state index contributed by atoms with van der Waals surface area (Å²) in [4.78, 5) is 0.280. The summed E-state index contributed by atoms with van der Waals surface area (Å²) in [6.07, 6.45) is 0. The number of hydrogen-bond acceptors (Lipinski definition) is 3. The Bertz CT molecular complexity index is 473. The van der Waals surface area contributed by atoms with Crippen LogP contribution in [0.1, 0.15) is 25.0 Å². The Labute approximate surface area is 90.2 Å². The molecule has 0 aliphatic rings. The highest BCUT2D eigenvalue weighted by molar-refractivity contribution is 7.90. The van der Waals surface area contributed by atoms with Crippen LogP contribution in [0.5, 0.6) is 0 Å². The Morgan fingerprint density at radius 2 is 2.00 bits per heavy atom. The number of nitrogens with one attached hydrogen (secondary N) is 1. The summed E-state index contributed by atoms with van der Waals surface area (Å²) < 4.78 is 18.8. The number of nitrogens with two attached hydrogens (primary N) is 1. The van der Waals surface area contributed by atoms with Gasteiger partial charge < -0.3 is 5.11 Å². The number of aliphatic hydroxyl groups is 1. The predicted octanol–water partition coefficient (Wildman–Crippen LogP) is 1.50. The first-order valence-electron chi connectivity index (χ1n) is 4.53. The molecule has 1 rings (SSSR count). The van der Waals surface area contributed by atoms with Gasteiger partial charge in [-0.05, 0) is 38.0 Å². The average Bonchev–Trinajstić information content (AvgIpc) is 1.99. The summed E-state index contributed by atoms with van der Waals surface area (Å²) >= 11 is 0. The van der Waals surface area contributed by atoms with E-state index in [4.69, 9.17) is 9.92 Å². The van der Waals surface area contributed by atoms with Crippen LogP contribution in [0.25, 0.3) is 0 Å². The minimum Gasteiger partial charge on any atom is -0.386 e. The molecule has 4 nitrogen and oxygen atoms in total. The van der Waals surface area contributed by atoms with Crippen molar-refractivity contribution < 1.29 is 9.32 Å². The Hall–Kier alpha value is -0.910. The molecule has 1 aromatic rings. The van der Waals surface area contributed by atoms with Crippen LogP contribution in [0, 0.1) is 11.7 Å². The van der Waals surface area contributed by atoms with Crippen molar-refractivity contribution in [1.82, 2.24) is 0 Å². The monoisotopic (exact) mass is 228 g/mol. The van der Waals surface area contributed by atoms with E-state index in [0.717, 1.165) is 0 Å². The maximum Gasteiger partial charge on any atom is 0.132 e. The first-order chi connectivity index (χ1) is 6.64. The molecule has 1 aromatic carbocycles. The second-order valence-corrected chi connectivity index (χ2v) is 5.73. The summed E-state index contributed by atoms with van der Waals surface area (Å²) in [5, 5.41) is 15.1. The van der Waals surface area contributed by atoms with Crippen LogP contribution in [0.15, 0.2) is 23.1 Å². The van der Waals surface area contributed by atoms with E-state index >= 15 is 0 Å². The summed E-state index contributed by atoms with van der Waals surface area (Å²) in [5.41, 5.74) is 0.239. The Morgan fingerprint density at radius 1 is 1.47 bits per heavy atom. The molecule has 0 amide bonds. The van der Waals surface area contributed by atoms with Gasteiger partial charge in [0.05, 0.1) is 10.5 Å². The van der Waals surface area contributed by atoms with E-state index in [1.165, 1.54) is 0 Å². The fourth-order valence-corrected chi connectivity index (χ4v) is 2.45. The van der Waals surface area contributed by atoms with Crippen molar-refractivity contribution in [2.24, 2.45) is 5.14 Å². The molecule has 0 radical (unpaired) electrons. The lowest BCUT2D eigenvalue weighted by Crippen LogP contribution is -2.20. The van der Waals surface area contributed by atoms with Crippen LogP contribution in [0.2, 0.25) is 0 Å². The van der Waals surface area contributed by atoms with Crippen LogP contribution in [0.4, 0.5) is 0 Å². The van der Waals surface area contributed by atoms with Gasteiger partial charge in [-0.3, -0.25) is 0 Å². The van der Waals surface area contributed by atoms with Gasteiger partial charge in [-0.2, -0.15) is 0 Å². The molecule has 0 saturated carbocycles. The molecule has 0 bridgehead atoms. The fourth-order valence-electron chi connectivity index (χ4n) is 1.61. The maximum atomic E-state index is 11.5. The normalized spacial score (nSPS) is 16.1. The quantitative estimate of drug-likeness (QED) is 0.716. The minimum atomic E-state index is -3.23. The van der Waals surface area contributed by atoms with E-state index in [0.29, 0.717) is 11.1 Å². The first-order valence-corrected chi connectivity index (χ1v) is 6.15. The van der Waals surface area contributed by atoms with Crippen LogP contribution in [-0.2, 0) is 15.5 Å². The molecule has 0 aromatic heterocycles. The van der Waals surface area contributed by atoms with Crippen LogP contribution >= 0.6 is 0 Å². The third-order valence-corrected chi connectivity index (χ3v) is 3.37. The van der Waals surface area contributed by atoms with Gasteiger partial charge in [0.2, 0.25) is 0 Å². The third-order valence-electron chi connectivity index (χ3n) is 2.27. The standard InChI is InChI=1S/C10H16N2O2S/c1-7-8(10(2,3)13)5-4-6-9(7)15(11,12)14/h4-6,13H,1-3H3,(H3,11,12,14). The van der Waals surface area contributed by atoms with Crippen LogP contribution in [-0.4, -0.2) is 9.32 Å². The van der Waals surface area contributed by atoms with Crippen molar-refractivity contribution in [1.29, 1.82) is 4.78 Å². The van der Waals surface area contributed by atoms with Crippen molar-refractivity contribution >= 4 is 9.92 Å². The zero-order chi connectivity index (χ0) is 11.9. The smallest absolute Gasteiger partial charge is 0.132 e. The molecule has 0 spiro atoms. The first kappa shape index (κ1) is 12.2. The van der Waals surface area contributed by atoms with E-state index in [1.807, 2.05) is 0 Å². The van der Waals surface area contributed by atoms with Gasteiger partial charge in [-0.1, -0.05) is 12.1 Å². The molecule has 0 saturated heterocycles. The summed E-state index contributed by atoms with van der Waals surface area (Å²) in [6, 6.07) is 4.95. The van der Waals surface area contributed by atoms with Gasteiger partial charge in [-0.15, -0.1) is 0 Å². The molecule has 0 aliphatic carbocycles. The summed E-state index contributed by atoms with van der Waals surface area (Å²) in [7, 11) is -3.23. The van der Waals surface area contributed by atoms with E-state index in [2.05, 4.69) is 0 Å². The van der Waals surface area contributed by atoms with Crippen molar-refractivity contribution in [3.8, 4) is 0 Å². The molecule has 5 heteroatoms. The van der Waals surface area contributed by atoms with Gasteiger partial charge in [0.25, 0.3) is 0 Å². The van der Waals surface area contributed by atoms with Crippen LogP contribution < -0.4 is 5.14 Å². The molecular weight excluding hydrogens is 212 g/mol. The maximum absolute atomic E-state index is 11.5. The zero-order valence-electron chi connectivity index (χ0n) is 9.07. The molecule has 1 unspecified atom stereocenters. The highest BCUT2D eigenvalue weighted by atomic mass is 32.2. The highest BCUT2D eigenvalue weighted by Gasteiger charge is 2.21. The van der Waals surface area contributed by atoms with Gasteiger partial charge in [-0.25, -0.2) is 14.1 Å². The Balaban J connectivity index is 3.51. The second kappa shape index (κ2) is 3.59. The SMILES string of the molecule is Cc1c(C(C)(C)O)cccc1S(=N)(N)=O. The minimum absolute atomic E-state index is 0.280. The number of hydrogen-bond donors (Lipinski definition) is 3. The van der Waals surface area contributed by atoms with Gasteiger partial charge in [0.1, 0.15) is 9.92 Å². The lowest BCUT2D eigenvalue weighted by Gasteiger charge is -2.21.